The van der Waals surface area contributed by atoms with E-state index < -0.39 is 0 Å². The lowest BCUT2D eigenvalue weighted by molar-refractivity contribution is -0.132. The summed E-state index contributed by atoms with van der Waals surface area (Å²) >= 11 is 0. The van der Waals surface area contributed by atoms with Gasteiger partial charge in [-0.3, -0.25) is 4.79 Å². The van der Waals surface area contributed by atoms with E-state index in [1.54, 1.807) is 0 Å². The fourth-order valence-corrected chi connectivity index (χ4v) is 2.01. The van der Waals surface area contributed by atoms with Crippen molar-refractivity contribution < 1.29 is 9.32 Å². The summed E-state index contributed by atoms with van der Waals surface area (Å²) in [4.78, 5) is 13.6. The fourth-order valence-electron chi connectivity index (χ4n) is 2.01. The smallest absolute Gasteiger partial charge is 0.222 e. The van der Waals surface area contributed by atoms with Gasteiger partial charge in [-0.15, -0.1) is 0 Å². The Morgan fingerprint density at radius 3 is 3.12 bits per heavy atom. The molecule has 0 aliphatic carbocycles. The van der Waals surface area contributed by atoms with Gasteiger partial charge in [-0.1, -0.05) is 12.1 Å². The molecule has 0 saturated carbocycles. The third kappa shape index (κ3) is 1.95. The first-order valence-corrected chi connectivity index (χ1v) is 5.70. The molecule has 0 aromatic carbocycles. The second-order valence-electron chi connectivity index (χ2n) is 4.05. The number of nitrogens with two attached hydrogens (primary N) is 1. The van der Waals surface area contributed by atoms with Crippen LogP contribution in [0.5, 0.6) is 0 Å². The lowest BCUT2D eigenvalue weighted by Crippen LogP contribution is -2.35. The average molecular weight is 223 g/mol. The highest BCUT2D eigenvalue weighted by molar-refractivity contribution is 5.76. The molecule has 2 rings (SSSR count). The minimum atomic E-state index is 0.206. The van der Waals surface area contributed by atoms with Crippen LogP contribution in [0.2, 0.25) is 0 Å². The lowest BCUT2D eigenvalue weighted by atomic mass is 10.1. The van der Waals surface area contributed by atoms with Crippen LogP contribution in [0.25, 0.3) is 0 Å². The van der Waals surface area contributed by atoms with Crippen molar-refractivity contribution in [2.24, 2.45) is 5.73 Å². The maximum atomic E-state index is 11.8. The Hall–Kier alpha value is -1.36. The normalized spacial score (nSPS) is 15.0. The van der Waals surface area contributed by atoms with E-state index in [1.165, 1.54) is 0 Å². The molecule has 0 bridgehead atoms. The fraction of sp³-hybridized carbons (Fsp3) is 0.636. The second-order valence-corrected chi connectivity index (χ2v) is 4.05. The summed E-state index contributed by atoms with van der Waals surface area (Å²) in [7, 11) is 0. The van der Waals surface area contributed by atoms with Gasteiger partial charge in [0.2, 0.25) is 5.91 Å². The van der Waals surface area contributed by atoms with Gasteiger partial charge < -0.3 is 15.2 Å². The Morgan fingerprint density at radius 1 is 1.62 bits per heavy atom. The largest absolute Gasteiger partial charge is 0.359 e. The van der Waals surface area contributed by atoms with E-state index >= 15 is 0 Å². The number of amides is 1. The molecule has 5 nitrogen and oxygen atoms in total. The summed E-state index contributed by atoms with van der Waals surface area (Å²) in [5.41, 5.74) is 7.53. The summed E-state index contributed by atoms with van der Waals surface area (Å²) < 4.78 is 5.14. The Balaban J connectivity index is 2.12. The van der Waals surface area contributed by atoms with Crippen LogP contribution in [-0.2, 0) is 24.3 Å². The number of fused-ring (bicyclic) bond motifs is 1. The quantitative estimate of drug-likeness (QED) is 0.823. The van der Waals surface area contributed by atoms with Crippen LogP contribution in [0.3, 0.4) is 0 Å². The average Bonchev–Trinajstić information content (AvgIpc) is 2.71. The summed E-state index contributed by atoms with van der Waals surface area (Å²) in [5, 5.41) is 3.97. The molecule has 1 aliphatic rings. The standard InChI is InChI=1S/C11H17N3O2/c1-2-3-11(15)14-5-4-9-8(7-14)10(6-12)16-13-9/h2-7,12H2,1H3. The van der Waals surface area contributed by atoms with Crippen molar-refractivity contribution in [1.29, 1.82) is 0 Å². The molecule has 88 valence electrons. The van der Waals surface area contributed by atoms with Crippen molar-refractivity contribution in [3.63, 3.8) is 0 Å². The zero-order valence-corrected chi connectivity index (χ0v) is 9.53. The molecule has 16 heavy (non-hydrogen) atoms. The first-order valence-electron chi connectivity index (χ1n) is 5.70. The van der Waals surface area contributed by atoms with Crippen LogP contribution < -0.4 is 5.73 Å². The van der Waals surface area contributed by atoms with Crippen molar-refractivity contribution in [3.8, 4) is 0 Å². The van der Waals surface area contributed by atoms with Gasteiger partial charge in [-0.05, 0) is 6.42 Å². The molecule has 1 aliphatic heterocycles. The lowest BCUT2D eigenvalue weighted by Gasteiger charge is -2.26. The summed E-state index contributed by atoms with van der Waals surface area (Å²) in [6.45, 7) is 3.70. The highest BCUT2D eigenvalue weighted by atomic mass is 16.5. The van der Waals surface area contributed by atoms with Gasteiger partial charge in [0.1, 0.15) is 0 Å². The predicted octanol–water partition coefficient (Wildman–Crippen LogP) is 0.818. The number of hydrogen-bond donors (Lipinski definition) is 1. The van der Waals surface area contributed by atoms with Crippen LogP contribution in [-0.4, -0.2) is 22.5 Å². The molecule has 1 aromatic rings. The molecule has 2 N–H and O–H groups in total. The third-order valence-electron chi connectivity index (χ3n) is 2.92. The van der Waals surface area contributed by atoms with Crippen molar-refractivity contribution in [3.05, 3.63) is 17.0 Å². The van der Waals surface area contributed by atoms with Gasteiger partial charge in [0.15, 0.2) is 5.76 Å². The maximum absolute atomic E-state index is 11.8. The van der Waals surface area contributed by atoms with E-state index in [0.29, 0.717) is 25.3 Å². The number of rotatable bonds is 3. The van der Waals surface area contributed by atoms with Crippen molar-refractivity contribution in [2.45, 2.75) is 39.3 Å². The molecule has 0 spiro atoms. The third-order valence-corrected chi connectivity index (χ3v) is 2.92. The Morgan fingerprint density at radius 2 is 2.44 bits per heavy atom. The Kier molecular flexibility index (Phi) is 3.24. The minimum absolute atomic E-state index is 0.206. The number of nitrogens with zero attached hydrogens (tertiary/aromatic N) is 2. The van der Waals surface area contributed by atoms with Gasteiger partial charge in [-0.25, -0.2) is 0 Å². The molecule has 2 heterocycles. The maximum Gasteiger partial charge on any atom is 0.222 e. The molecular formula is C11H17N3O2. The van der Waals surface area contributed by atoms with Crippen LogP contribution in [0.1, 0.15) is 36.8 Å². The number of carbonyl (C=O) groups is 1. The predicted molar refractivity (Wildman–Crippen MR) is 58.4 cm³/mol. The van der Waals surface area contributed by atoms with Gasteiger partial charge >= 0.3 is 0 Å². The summed E-state index contributed by atoms with van der Waals surface area (Å²) in [6.07, 6.45) is 2.27. The molecule has 1 aromatic heterocycles. The molecule has 0 fully saturated rings. The molecule has 0 atom stereocenters. The van der Waals surface area contributed by atoms with Crippen LogP contribution in [0.15, 0.2) is 4.52 Å². The first-order chi connectivity index (χ1) is 7.76. The van der Waals surface area contributed by atoms with E-state index in [0.717, 1.165) is 30.6 Å². The van der Waals surface area contributed by atoms with Crippen LogP contribution in [0.4, 0.5) is 0 Å². The van der Waals surface area contributed by atoms with E-state index in [2.05, 4.69) is 5.16 Å². The molecule has 0 saturated heterocycles. The Bertz CT molecular complexity index is 373. The minimum Gasteiger partial charge on any atom is -0.359 e. The Labute approximate surface area is 94.6 Å². The van der Waals surface area contributed by atoms with E-state index in [9.17, 15) is 4.79 Å². The molecular weight excluding hydrogens is 206 g/mol. The van der Waals surface area contributed by atoms with Crippen molar-refractivity contribution >= 4 is 5.91 Å². The topological polar surface area (TPSA) is 72.4 Å². The summed E-state index contributed by atoms with van der Waals surface area (Å²) in [5.74, 6) is 0.918. The molecule has 1 amide bonds. The summed E-state index contributed by atoms with van der Waals surface area (Å²) in [6, 6.07) is 0. The number of aromatic nitrogens is 1. The second kappa shape index (κ2) is 4.65. The highest BCUT2D eigenvalue weighted by Crippen LogP contribution is 2.22. The molecule has 5 heteroatoms. The van der Waals surface area contributed by atoms with Gasteiger partial charge in [0, 0.05) is 24.9 Å². The SMILES string of the molecule is CCCC(=O)N1CCc2noc(CN)c2C1. The zero-order valence-electron chi connectivity index (χ0n) is 9.53. The van der Waals surface area contributed by atoms with E-state index in [1.807, 2.05) is 11.8 Å². The van der Waals surface area contributed by atoms with Crippen LogP contribution >= 0.6 is 0 Å². The van der Waals surface area contributed by atoms with Crippen molar-refractivity contribution in [2.75, 3.05) is 6.54 Å². The van der Waals surface area contributed by atoms with Gasteiger partial charge in [0.05, 0.1) is 18.8 Å². The molecule has 0 unspecified atom stereocenters. The zero-order chi connectivity index (χ0) is 11.5. The van der Waals surface area contributed by atoms with E-state index in [-0.39, 0.29) is 5.91 Å². The number of carbonyl (C=O) groups excluding carboxylic acids is 1. The highest BCUT2D eigenvalue weighted by Gasteiger charge is 2.25. The van der Waals surface area contributed by atoms with Gasteiger partial charge in [0.25, 0.3) is 0 Å². The monoisotopic (exact) mass is 223 g/mol. The van der Waals surface area contributed by atoms with Crippen molar-refractivity contribution in [1.82, 2.24) is 10.1 Å². The van der Waals surface area contributed by atoms with E-state index in [4.69, 9.17) is 10.3 Å². The number of hydrogen-bond acceptors (Lipinski definition) is 4. The first kappa shape index (κ1) is 11.1. The van der Waals surface area contributed by atoms with Crippen LogP contribution in [0, 0.1) is 0 Å². The molecule has 0 radical (unpaired) electrons. The van der Waals surface area contributed by atoms with Gasteiger partial charge in [-0.2, -0.15) is 0 Å².